The van der Waals surface area contributed by atoms with Crippen molar-refractivity contribution in [1.82, 2.24) is 5.32 Å². The minimum atomic E-state index is -0.491. The van der Waals surface area contributed by atoms with E-state index in [-0.39, 0.29) is 11.9 Å². The topological polar surface area (TPSA) is 84.6 Å². The van der Waals surface area contributed by atoms with Gasteiger partial charge in [-0.25, -0.2) is 0 Å². The van der Waals surface area contributed by atoms with Crippen LogP contribution in [0.1, 0.15) is 38.5 Å². The van der Waals surface area contributed by atoms with Crippen LogP contribution in [0.5, 0.6) is 0 Å². The maximum Gasteiger partial charge on any atom is 0.227 e. The quantitative estimate of drug-likeness (QED) is 0.671. The van der Waals surface area contributed by atoms with Crippen molar-refractivity contribution in [2.24, 2.45) is 11.1 Å². The van der Waals surface area contributed by atoms with Gasteiger partial charge in [0, 0.05) is 19.8 Å². The van der Waals surface area contributed by atoms with Gasteiger partial charge >= 0.3 is 0 Å². The first-order valence-electron chi connectivity index (χ1n) is 6.95. The lowest BCUT2D eigenvalue weighted by Gasteiger charge is -2.37. The molecule has 0 bridgehead atoms. The highest BCUT2D eigenvalue weighted by Gasteiger charge is 2.40. The second-order valence-corrected chi connectivity index (χ2v) is 5.53. The third kappa shape index (κ3) is 2.84. The van der Waals surface area contributed by atoms with Gasteiger partial charge in [0.05, 0.1) is 17.6 Å². The van der Waals surface area contributed by atoms with E-state index < -0.39 is 11.5 Å². The Morgan fingerprint density at radius 1 is 1.33 bits per heavy atom. The van der Waals surface area contributed by atoms with Gasteiger partial charge in [0.2, 0.25) is 5.91 Å². The Bertz CT molecular complexity index is 290. The molecule has 1 aliphatic carbocycles. The highest BCUT2D eigenvalue weighted by molar-refractivity contribution is 5.83. The summed E-state index contributed by atoms with van der Waals surface area (Å²) in [6.07, 6.45) is 4.71. The van der Waals surface area contributed by atoms with E-state index in [2.05, 4.69) is 5.32 Å². The zero-order valence-corrected chi connectivity index (χ0v) is 10.9. The van der Waals surface area contributed by atoms with Gasteiger partial charge in [0.15, 0.2) is 0 Å². The van der Waals surface area contributed by atoms with Crippen LogP contribution >= 0.6 is 0 Å². The van der Waals surface area contributed by atoms with E-state index >= 15 is 0 Å². The molecule has 0 spiro atoms. The lowest BCUT2D eigenvalue weighted by atomic mass is 9.78. The Morgan fingerprint density at radius 2 is 2.00 bits per heavy atom. The fourth-order valence-electron chi connectivity index (χ4n) is 2.89. The Balaban J connectivity index is 1.96. The highest BCUT2D eigenvalue weighted by atomic mass is 16.5. The van der Waals surface area contributed by atoms with Crippen molar-refractivity contribution >= 4 is 5.91 Å². The van der Waals surface area contributed by atoms with Crippen LogP contribution in [0, 0.1) is 5.41 Å². The van der Waals surface area contributed by atoms with Crippen molar-refractivity contribution < 1.29 is 14.6 Å². The molecule has 1 saturated carbocycles. The summed E-state index contributed by atoms with van der Waals surface area (Å²) in [6.45, 7) is 1.54. The number of hydrogen-bond acceptors (Lipinski definition) is 4. The van der Waals surface area contributed by atoms with Gasteiger partial charge in [0.25, 0.3) is 0 Å². The van der Waals surface area contributed by atoms with Crippen molar-refractivity contribution in [3.63, 3.8) is 0 Å². The molecule has 0 aromatic carbocycles. The molecule has 4 N–H and O–H groups in total. The van der Waals surface area contributed by atoms with E-state index in [9.17, 15) is 9.90 Å². The fourth-order valence-corrected chi connectivity index (χ4v) is 2.89. The molecule has 5 nitrogen and oxygen atoms in total. The molecule has 2 fully saturated rings. The molecule has 5 heteroatoms. The van der Waals surface area contributed by atoms with E-state index in [1.807, 2.05) is 0 Å². The van der Waals surface area contributed by atoms with E-state index in [4.69, 9.17) is 10.5 Å². The van der Waals surface area contributed by atoms with Crippen molar-refractivity contribution in [1.29, 1.82) is 0 Å². The van der Waals surface area contributed by atoms with Crippen molar-refractivity contribution in [2.45, 2.75) is 50.7 Å². The van der Waals surface area contributed by atoms with Gasteiger partial charge in [-0.15, -0.1) is 0 Å². The summed E-state index contributed by atoms with van der Waals surface area (Å²) < 4.78 is 5.30. The van der Waals surface area contributed by atoms with Gasteiger partial charge in [0.1, 0.15) is 0 Å². The van der Waals surface area contributed by atoms with Gasteiger partial charge in [-0.2, -0.15) is 0 Å². The number of aliphatic hydroxyl groups excluding tert-OH is 1. The number of carbonyl (C=O) groups is 1. The Hall–Kier alpha value is -0.650. The third-order valence-electron chi connectivity index (χ3n) is 4.37. The molecule has 0 aromatic rings. The summed E-state index contributed by atoms with van der Waals surface area (Å²) in [7, 11) is 0. The number of aliphatic hydroxyl groups is 1. The first-order chi connectivity index (χ1) is 8.68. The molecule has 1 saturated heterocycles. The monoisotopic (exact) mass is 256 g/mol. The number of amides is 1. The minimum Gasteiger partial charge on any atom is -0.391 e. The molecule has 104 valence electrons. The predicted octanol–water partition coefficient (Wildman–Crippen LogP) is 0.162. The molecule has 2 aliphatic rings. The third-order valence-corrected chi connectivity index (χ3v) is 4.37. The molecule has 18 heavy (non-hydrogen) atoms. The number of hydrogen-bond donors (Lipinski definition) is 3. The van der Waals surface area contributed by atoms with Crippen LogP contribution in [-0.4, -0.2) is 42.9 Å². The van der Waals surface area contributed by atoms with Crippen LogP contribution in [0.2, 0.25) is 0 Å². The lowest BCUT2D eigenvalue weighted by molar-refractivity contribution is -0.137. The second-order valence-electron chi connectivity index (χ2n) is 5.53. The van der Waals surface area contributed by atoms with Crippen molar-refractivity contribution in [3.8, 4) is 0 Å². The average molecular weight is 256 g/mol. The molecule has 0 aromatic heterocycles. The SMILES string of the molecule is NCC1(C(=O)N[C@@H]2CCCC[C@H]2O)CCOCC1. The molecule has 1 amide bonds. The Kier molecular flexibility index (Phi) is 4.59. The maximum absolute atomic E-state index is 12.4. The van der Waals surface area contributed by atoms with Crippen LogP contribution in [0.15, 0.2) is 0 Å². The second kappa shape index (κ2) is 5.99. The molecule has 1 heterocycles. The van der Waals surface area contributed by atoms with E-state index in [1.54, 1.807) is 0 Å². The van der Waals surface area contributed by atoms with Crippen molar-refractivity contribution in [2.75, 3.05) is 19.8 Å². The largest absolute Gasteiger partial charge is 0.391 e. The zero-order valence-electron chi connectivity index (χ0n) is 10.9. The average Bonchev–Trinajstić information content (AvgIpc) is 2.42. The summed E-state index contributed by atoms with van der Waals surface area (Å²) in [5.74, 6) is -0.000694. The number of carbonyl (C=O) groups excluding carboxylic acids is 1. The minimum absolute atomic E-state index is 0.000694. The smallest absolute Gasteiger partial charge is 0.227 e. The molecule has 0 radical (unpaired) electrons. The van der Waals surface area contributed by atoms with Crippen LogP contribution in [0.4, 0.5) is 0 Å². The van der Waals surface area contributed by atoms with E-state index in [0.717, 1.165) is 25.7 Å². The maximum atomic E-state index is 12.4. The first-order valence-corrected chi connectivity index (χ1v) is 6.95. The predicted molar refractivity (Wildman–Crippen MR) is 67.9 cm³/mol. The number of nitrogens with two attached hydrogens (primary N) is 1. The van der Waals surface area contributed by atoms with E-state index in [1.165, 1.54) is 0 Å². The van der Waals surface area contributed by atoms with Crippen LogP contribution in [0.25, 0.3) is 0 Å². The van der Waals surface area contributed by atoms with Crippen molar-refractivity contribution in [3.05, 3.63) is 0 Å². The van der Waals surface area contributed by atoms with Gasteiger partial charge in [-0.3, -0.25) is 4.79 Å². The standard InChI is InChI=1S/C13H24N2O3/c14-9-13(5-7-18-8-6-13)12(17)15-10-3-1-2-4-11(10)16/h10-11,16H,1-9,14H2,(H,15,17)/t10-,11-/m1/s1. The van der Waals surface area contributed by atoms with Gasteiger partial charge in [-0.05, 0) is 25.7 Å². The molecule has 2 atom stereocenters. The lowest BCUT2D eigenvalue weighted by Crippen LogP contribution is -2.54. The summed E-state index contributed by atoms with van der Waals surface area (Å²) in [5, 5.41) is 12.9. The number of nitrogens with one attached hydrogen (secondary N) is 1. The number of rotatable bonds is 3. The first kappa shape index (κ1) is 13.8. The molecular formula is C13H24N2O3. The summed E-state index contributed by atoms with van der Waals surface area (Å²) in [6, 6.07) is -0.0995. The number of ether oxygens (including phenoxy) is 1. The fraction of sp³-hybridized carbons (Fsp3) is 0.923. The normalized spacial score (nSPS) is 31.9. The van der Waals surface area contributed by atoms with Gasteiger partial charge < -0.3 is 20.9 Å². The summed E-state index contributed by atoms with van der Waals surface area (Å²) >= 11 is 0. The van der Waals surface area contributed by atoms with E-state index in [0.29, 0.717) is 32.6 Å². The molecular weight excluding hydrogens is 232 g/mol. The van der Waals surface area contributed by atoms with Crippen LogP contribution in [0.3, 0.4) is 0 Å². The molecule has 2 rings (SSSR count). The molecule has 0 unspecified atom stereocenters. The summed E-state index contributed by atoms with van der Waals surface area (Å²) in [5.41, 5.74) is 5.31. The molecule has 1 aliphatic heterocycles. The highest BCUT2D eigenvalue weighted by Crippen LogP contribution is 2.30. The van der Waals surface area contributed by atoms with Crippen LogP contribution < -0.4 is 11.1 Å². The Morgan fingerprint density at radius 3 is 2.61 bits per heavy atom. The van der Waals surface area contributed by atoms with Crippen LogP contribution in [-0.2, 0) is 9.53 Å². The zero-order chi connectivity index (χ0) is 13.0. The Labute approximate surface area is 108 Å². The van der Waals surface area contributed by atoms with Gasteiger partial charge in [-0.1, -0.05) is 12.8 Å². The summed E-state index contributed by atoms with van der Waals surface area (Å²) in [4.78, 5) is 12.4.